The highest BCUT2D eigenvalue weighted by Gasteiger charge is 2.29. The third kappa shape index (κ3) is 3.06. The lowest BCUT2D eigenvalue weighted by Crippen LogP contribution is -2.41. The molecule has 3 rings (SSSR count). The number of hydrogen-bond acceptors (Lipinski definition) is 6. The molecule has 0 saturated carbocycles. The fourth-order valence-corrected chi connectivity index (χ4v) is 2.68. The lowest BCUT2D eigenvalue weighted by atomic mass is 10.2. The fourth-order valence-electron chi connectivity index (χ4n) is 2.68. The van der Waals surface area contributed by atoms with Gasteiger partial charge in [0.1, 0.15) is 17.5 Å². The summed E-state index contributed by atoms with van der Waals surface area (Å²) >= 11 is 0. The molecule has 0 spiro atoms. The second-order valence-electron chi connectivity index (χ2n) is 5.01. The molecule has 0 aromatic carbocycles. The Balaban J connectivity index is 0.000000328. The maximum Gasteiger partial charge on any atom is 0.291 e. The normalized spacial score (nSPS) is 24.3. The Hall–Kier alpha value is -2.12. The van der Waals surface area contributed by atoms with E-state index >= 15 is 0 Å². The van der Waals surface area contributed by atoms with Crippen LogP contribution in [0.25, 0.3) is 0 Å². The smallest absolute Gasteiger partial charge is 0.291 e. The van der Waals surface area contributed by atoms with Crippen LogP contribution in [-0.4, -0.2) is 57.4 Å². The molecule has 1 atom stereocenters. The first kappa shape index (κ1) is 14.3. The number of likely N-dealkylation sites (tertiary alicyclic amines) is 1. The van der Waals surface area contributed by atoms with E-state index in [0.717, 1.165) is 37.1 Å². The van der Waals surface area contributed by atoms with Gasteiger partial charge in [0.15, 0.2) is 0 Å². The zero-order valence-electron chi connectivity index (χ0n) is 11.7. The van der Waals surface area contributed by atoms with Gasteiger partial charge in [0.25, 0.3) is 5.09 Å². The summed E-state index contributed by atoms with van der Waals surface area (Å²) in [5, 5.41) is 13.6. The van der Waals surface area contributed by atoms with Gasteiger partial charge in [0, 0.05) is 19.2 Å². The van der Waals surface area contributed by atoms with Crippen molar-refractivity contribution in [1.29, 1.82) is 0 Å². The summed E-state index contributed by atoms with van der Waals surface area (Å²) in [6.45, 7) is 7.47. The summed E-state index contributed by atoms with van der Waals surface area (Å²) in [4.78, 5) is 22.2. The molecule has 0 aliphatic carbocycles. The fraction of sp³-hybridized carbons (Fsp3) is 0.667. The first-order valence-electron chi connectivity index (χ1n) is 6.68. The van der Waals surface area contributed by atoms with Gasteiger partial charge in [-0.3, -0.25) is 4.99 Å². The van der Waals surface area contributed by atoms with Crippen molar-refractivity contribution in [2.45, 2.75) is 32.7 Å². The zero-order valence-corrected chi connectivity index (χ0v) is 11.7. The highest BCUT2D eigenvalue weighted by molar-refractivity contribution is 6.09. The first-order chi connectivity index (χ1) is 9.49. The van der Waals surface area contributed by atoms with E-state index in [1.54, 1.807) is 0 Å². The summed E-state index contributed by atoms with van der Waals surface area (Å²) < 4.78 is 0. The van der Waals surface area contributed by atoms with Crippen molar-refractivity contribution in [3.05, 3.63) is 22.0 Å². The minimum atomic E-state index is -1.50. The van der Waals surface area contributed by atoms with Crippen LogP contribution in [0.1, 0.15) is 26.7 Å². The number of nitrogens with zero attached hydrogens (tertiary/aromatic N) is 5. The Bertz CT molecular complexity index is 475. The van der Waals surface area contributed by atoms with Crippen molar-refractivity contribution < 1.29 is 10.3 Å². The summed E-state index contributed by atoms with van der Waals surface area (Å²) in [5.74, 6) is 3.30. The Morgan fingerprint density at radius 2 is 2.05 bits per heavy atom. The lowest BCUT2D eigenvalue weighted by molar-refractivity contribution is -0.742. The van der Waals surface area contributed by atoms with E-state index in [-0.39, 0.29) is 0 Å². The Morgan fingerprint density at radius 3 is 2.65 bits per heavy atom. The second-order valence-corrected chi connectivity index (χ2v) is 5.01. The number of hydrogen-bond donors (Lipinski definition) is 1. The van der Waals surface area contributed by atoms with Gasteiger partial charge in [-0.2, -0.15) is 0 Å². The van der Waals surface area contributed by atoms with Gasteiger partial charge in [0.2, 0.25) is 0 Å². The minimum Gasteiger partial charge on any atom is -0.356 e. The van der Waals surface area contributed by atoms with Gasteiger partial charge in [0.05, 0.1) is 12.6 Å². The average molecular weight is 281 g/mol. The third-order valence-corrected chi connectivity index (χ3v) is 3.52. The highest BCUT2D eigenvalue weighted by atomic mass is 16.9. The van der Waals surface area contributed by atoms with Crippen LogP contribution < -0.4 is 0 Å². The van der Waals surface area contributed by atoms with Crippen LogP contribution in [0.3, 0.4) is 0 Å². The largest absolute Gasteiger partial charge is 0.356 e. The molecule has 0 radical (unpaired) electrons. The Morgan fingerprint density at radius 1 is 1.45 bits per heavy atom. The number of fused-ring (bicyclic) bond motifs is 1. The third-order valence-electron chi connectivity index (χ3n) is 3.52. The van der Waals surface area contributed by atoms with Gasteiger partial charge in [-0.05, 0) is 26.7 Å². The lowest BCUT2D eigenvalue weighted by Gasteiger charge is -2.30. The van der Waals surface area contributed by atoms with Crippen molar-refractivity contribution in [2.75, 3.05) is 19.6 Å². The van der Waals surface area contributed by atoms with Gasteiger partial charge in [-0.15, -0.1) is 10.1 Å². The Labute approximate surface area is 117 Å². The molecule has 8 heteroatoms. The molecule has 1 saturated heterocycles. The highest BCUT2D eigenvalue weighted by Crippen LogP contribution is 2.23. The van der Waals surface area contributed by atoms with Crippen molar-refractivity contribution in [1.82, 2.24) is 9.80 Å². The van der Waals surface area contributed by atoms with Crippen LogP contribution in [0.5, 0.6) is 0 Å². The van der Waals surface area contributed by atoms with Crippen molar-refractivity contribution in [3.63, 3.8) is 0 Å². The van der Waals surface area contributed by atoms with E-state index < -0.39 is 5.09 Å². The number of amidine groups is 2. The molecule has 0 bridgehead atoms. The van der Waals surface area contributed by atoms with Crippen LogP contribution in [0.4, 0.5) is 0 Å². The molecule has 0 amide bonds. The predicted octanol–water partition coefficient (Wildman–Crippen LogP) is 1.11. The molecule has 8 nitrogen and oxygen atoms in total. The van der Waals surface area contributed by atoms with Crippen molar-refractivity contribution in [3.8, 4) is 0 Å². The molecule has 20 heavy (non-hydrogen) atoms. The van der Waals surface area contributed by atoms with Crippen LogP contribution in [0.15, 0.2) is 21.9 Å². The standard InChI is InChI=1S/C12H18N4.HNO3/c1-9-8-13-11-7-12(14-10(2)16(9)11)15-5-3-4-6-15;2-1(3)4/h7,9H,3-6,8H2,1-2H3;(H,2,3,4). The summed E-state index contributed by atoms with van der Waals surface area (Å²) in [6, 6.07) is 0.468. The van der Waals surface area contributed by atoms with Crippen molar-refractivity contribution >= 4 is 11.7 Å². The number of rotatable bonds is 1. The van der Waals surface area contributed by atoms with Gasteiger partial charge in [-0.25, -0.2) is 4.99 Å². The molecule has 110 valence electrons. The van der Waals surface area contributed by atoms with Gasteiger partial charge in [-0.1, -0.05) is 0 Å². The van der Waals surface area contributed by atoms with Crippen LogP contribution in [0, 0.1) is 10.1 Å². The Kier molecular flexibility index (Phi) is 4.21. The van der Waals surface area contributed by atoms with Crippen LogP contribution >= 0.6 is 0 Å². The molecular weight excluding hydrogens is 262 g/mol. The van der Waals surface area contributed by atoms with E-state index in [0.29, 0.717) is 6.04 Å². The first-order valence-corrected chi connectivity index (χ1v) is 6.68. The second kappa shape index (κ2) is 5.89. The topological polar surface area (TPSA) is 94.6 Å². The van der Waals surface area contributed by atoms with Gasteiger partial charge >= 0.3 is 0 Å². The van der Waals surface area contributed by atoms with Crippen molar-refractivity contribution in [2.24, 2.45) is 9.98 Å². The monoisotopic (exact) mass is 281 g/mol. The molecular formula is C12H19N5O3. The molecule has 3 aliphatic rings. The molecule has 1 N–H and O–H groups in total. The van der Waals surface area contributed by atoms with E-state index in [1.807, 2.05) is 0 Å². The van der Waals surface area contributed by atoms with Gasteiger partial charge < -0.3 is 15.0 Å². The predicted molar refractivity (Wildman–Crippen MR) is 74.4 cm³/mol. The molecule has 3 aliphatic heterocycles. The number of aliphatic imine (C=N–C) groups is 2. The maximum atomic E-state index is 8.36. The summed E-state index contributed by atoms with van der Waals surface area (Å²) in [5.41, 5.74) is 0. The molecule has 3 heterocycles. The molecule has 0 aromatic heterocycles. The summed E-state index contributed by atoms with van der Waals surface area (Å²) in [7, 11) is 0. The minimum absolute atomic E-state index is 0.468. The quantitative estimate of drug-likeness (QED) is 0.574. The van der Waals surface area contributed by atoms with E-state index in [9.17, 15) is 0 Å². The SMILES string of the molecule is CC1=NC(N2CCCC2)=CC2=NCC(C)N12.O=[N+]([O-])O. The van der Waals surface area contributed by atoms with Crippen LogP contribution in [-0.2, 0) is 0 Å². The maximum absolute atomic E-state index is 8.36. The average Bonchev–Trinajstić information content (AvgIpc) is 2.98. The summed E-state index contributed by atoms with van der Waals surface area (Å²) in [6.07, 6.45) is 4.72. The van der Waals surface area contributed by atoms with E-state index in [2.05, 4.69) is 34.7 Å². The van der Waals surface area contributed by atoms with E-state index in [4.69, 9.17) is 20.3 Å². The van der Waals surface area contributed by atoms with Crippen LogP contribution in [0.2, 0.25) is 0 Å². The molecule has 1 fully saturated rings. The zero-order chi connectivity index (χ0) is 14.7. The van der Waals surface area contributed by atoms with E-state index in [1.165, 1.54) is 12.8 Å². The molecule has 0 aromatic rings. The molecule has 1 unspecified atom stereocenters.